The number of aryl methyl sites for hydroxylation is 2. The maximum absolute atomic E-state index is 13.3. The highest BCUT2D eigenvalue weighted by Crippen LogP contribution is 2.34. The molecule has 102 valence electrons. The lowest BCUT2D eigenvalue weighted by molar-refractivity contribution is 0.614. The van der Waals surface area contributed by atoms with Crippen molar-refractivity contribution in [2.24, 2.45) is 0 Å². The normalized spacial score (nSPS) is 11.2. The third kappa shape index (κ3) is 2.02. The first-order chi connectivity index (χ1) is 9.45. The second-order valence-electron chi connectivity index (χ2n) is 4.80. The fraction of sp³-hybridized carbons (Fsp3) is 0.133. The molecule has 0 bridgehead atoms. The molecule has 0 radical (unpaired) electrons. The highest BCUT2D eigenvalue weighted by Gasteiger charge is 2.15. The Kier molecular flexibility index (Phi) is 2.91. The van der Waals surface area contributed by atoms with E-state index in [4.69, 9.17) is 21.8 Å². The van der Waals surface area contributed by atoms with Crippen molar-refractivity contribution >= 4 is 28.4 Å². The Hall–Kier alpha value is -2.07. The number of anilines is 1. The Morgan fingerprint density at radius 1 is 1.20 bits per heavy atom. The summed E-state index contributed by atoms with van der Waals surface area (Å²) in [4.78, 5) is 4.28. The maximum Gasteiger partial charge on any atom is 0.229 e. The van der Waals surface area contributed by atoms with Gasteiger partial charge in [-0.2, -0.15) is 0 Å². The predicted molar refractivity (Wildman–Crippen MR) is 78.3 cm³/mol. The van der Waals surface area contributed by atoms with Crippen molar-refractivity contribution in [3.63, 3.8) is 0 Å². The van der Waals surface area contributed by atoms with E-state index < -0.39 is 5.82 Å². The van der Waals surface area contributed by atoms with Crippen LogP contribution in [0.3, 0.4) is 0 Å². The lowest BCUT2D eigenvalue weighted by atomic mass is 10.0. The third-order valence-electron chi connectivity index (χ3n) is 3.17. The molecule has 0 saturated heterocycles. The molecule has 3 rings (SSSR count). The summed E-state index contributed by atoms with van der Waals surface area (Å²) in [7, 11) is 0. The van der Waals surface area contributed by atoms with Crippen LogP contribution in [0.1, 0.15) is 11.1 Å². The molecular formula is C15H12ClFN2O. The van der Waals surface area contributed by atoms with Crippen molar-refractivity contribution in [3.8, 4) is 11.5 Å². The molecule has 2 aromatic carbocycles. The summed E-state index contributed by atoms with van der Waals surface area (Å²) in [6.07, 6.45) is 0. The molecule has 0 fully saturated rings. The summed E-state index contributed by atoms with van der Waals surface area (Å²) in [5.74, 6) is -0.104. The van der Waals surface area contributed by atoms with E-state index in [9.17, 15) is 4.39 Å². The predicted octanol–water partition coefficient (Wildman–Crippen LogP) is 4.49. The van der Waals surface area contributed by atoms with Crippen LogP contribution in [0.25, 0.3) is 22.6 Å². The molecule has 3 nitrogen and oxygen atoms in total. The lowest BCUT2D eigenvalue weighted by Crippen LogP contribution is -1.95. The van der Waals surface area contributed by atoms with Gasteiger partial charge in [-0.15, -0.1) is 0 Å². The maximum atomic E-state index is 13.3. The first kappa shape index (κ1) is 12.9. The molecule has 20 heavy (non-hydrogen) atoms. The van der Waals surface area contributed by atoms with Crippen LogP contribution < -0.4 is 5.73 Å². The van der Waals surface area contributed by atoms with E-state index in [0.717, 1.165) is 11.1 Å². The largest absolute Gasteiger partial charge is 0.434 e. The molecule has 0 amide bonds. The minimum absolute atomic E-state index is 0.196. The number of hydrogen-bond acceptors (Lipinski definition) is 3. The van der Waals surface area contributed by atoms with Gasteiger partial charge in [-0.1, -0.05) is 17.7 Å². The second kappa shape index (κ2) is 4.49. The van der Waals surface area contributed by atoms with Gasteiger partial charge in [0.1, 0.15) is 11.3 Å². The molecule has 0 unspecified atom stereocenters. The fourth-order valence-corrected chi connectivity index (χ4v) is 2.47. The molecule has 1 aromatic heterocycles. The highest BCUT2D eigenvalue weighted by atomic mass is 35.5. The molecule has 3 aromatic rings. The summed E-state index contributed by atoms with van der Waals surface area (Å²) in [5, 5.41) is 0.196. The van der Waals surface area contributed by atoms with Gasteiger partial charge in [0.25, 0.3) is 0 Å². The van der Waals surface area contributed by atoms with Crippen molar-refractivity contribution in [3.05, 3.63) is 46.2 Å². The Balaban J connectivity index is 2.28. The average Bonchev–Trinajstić information content (AvgIpc) is 2.77. The van der Waals surface area contributed by atoms with Gasteiger partial charge in [-0.05, 0) is 37.1 Å². The van der Waals surface area contributed by atoms with Crippen molar-refractivity contribution in [1.29, 1.82) is 0 Å². The molecule has 1 heterocycles. The van der Waals surface area contributed by atoms with E-state index in [1.807, 2.05) is 26.0 Å². The summed E-state index contributed by atoms with van der Waals surface area (Å²) >= 11 is 5.96. The van der Waals surface area contributed by atoms with Crippen LogP contribution in [-0.2, 0) is 0 Å². The zero-order valence-electron chi connectivity index (χ0n) is 11.0. The number of oxazole rings is 1. The van der Waals surface area contributed by atoms with Gasteiger partial charge in [0.15, 0.2) is 5.58 Å². The standard InChI is InChI=1S/C15H12ClFN2O/c1-7-3-8(2)13(18)10(4-7)15-19-12-6-9(17)5-11(16)14(12)20-15/h3-6H,18H2,1-2H3. The fourth-order valence-electron chi connectivity index (χ4n) is 2.23. The molecule has 0 atom stereocenters. The van der Waals surface area contributed by atoms with Gasteiger partial charge in [-0.25, -0.2) is 9.37 Å². The summed E-state index contributed by atoms with van der Waals surface area (Å²) < 4.78 is 19.0. The highest BCUT2D eigenvalue weighted by molar-refractivity contribution is 6.34. The first-order valence-corrected chi connectivity index (χ1v) is 6.46. The molecule has 0 spiro atoms. The van der Waals surface area contributed by atoms with Crippen molar-refractivity contribution in [2.75, 3.05) is 5.73 Å². The smallest absolute Gasteiger partial charge is 0.229 e. The second-order valence-corrected chi connectivity index (χ2v) is 5.21. The van der Waals surface area contributed by atoms with Crippen LogP contribution in [0.5, 0.6) is 0 Å². The lowest BCUT2D eigenvalue weighted by Gasteiger charge is -2.06. The Bertz CT molecular complexity index is 826. The number of nitrogens with two attached hydrogens (primary N) is 1. The minimum Gasteiger partial charge on any atom is -0.434 e. The number of nitrogen functional groups attached to an aromatic ring is 1. The summed E-state index contributed by atoms with van der Waals surface area (Å²) in [6.45, 7) is 3.88. The summed E-state index contributed by atoms with van der Waals surface area (Å²) in [6, 6.07) is 6.35. The Morgan fingerprint density at radius 2 is 1.95 bits per heavy atom. The van der Waals surface area contributed by atoms with E-state index in [0.29, 0.717) is 28.2 Å². The SMILES string of the molecule is Cc1cc(C)c(N)c(-c2nc3cc(F)cc(Cl)c3o2)c1. The molecular weight excluding hydrogens is 279 g/mol. The number of fused-ring (bicyclic) bond motifs is 1. The topological polar surface area (TPSA) is 52.0 Å². The van der Waals surface area contributed by atoms with Crippen LogP contribution in [0.2, 0.25) is 5.02 Å². The van der Waals surface area contributed by atoms with Crippen molar-refractivity contribution < 1.29 is 8.81 Å². The van der Waals surface area contributed by atoms with Crippen LogP contribution in [0.15, 0.2) is 28.7 Å². The third-order valence-corrected chi connectivity index (χ3v) is 3.45. The monoisotopic (exact) mass is 290 g/mol. The van der Waals surface area contributed by atoms with Gasteiger partial charge in [-0.3, -0.25) is 0 Å². The number of nitrogens with zero attached hydrogens (tertiary/aromatic N) is 1. The van der Waals surface area contributed by atoms with E-state index in [2.05, 4.69) is 4.98 Å². The van der Waals surface area contributed by atoms with E-state index >= 15 is 0 Å². The van der Waals surface area contributed by atoms with Crippen LogP contribution >= 0.6 is 11.6 Å². The van der Waals surface area contributed by atoms with E-state index in [-0.39, 0.29) is 5.02 Å². The quantitative estimate of drug-likeness (QED) is 0.672. The zero-order valence-corrected chi connectivity index (χ0v) is 11.8. The number of rotatable bonds is 1. The van der Waals surface area contributed by atoms with Crippen LogP contribution in [0.4, 0.5) is 10.1 Å². The van der Waals surface area contributed by atoms with Gasteiger partial charge < -0.3 is 10.2 Å². The minimum atomic E-state index is -0.448. The molecule has 2 N–H and O–H groups in total. The van der Waals surface area contributed by atoms with Crippen LogP contribution in [-0.4, -0.2) is 4.98 Å². The molecule has 0 aliphatic heterocycles. The van der Waals surface area contributed by atoms with Crippen molar-refractivity contribution in [2.45, 2.75) is 13.8 Å². The number of aromatic nitrogens is 1. The zero-order chi connectivity index (χ0) is 14.4. The Morgan fingerprint density at radius 3 is 2.70 bits per heavy atom. The van der Waals surface area contributed by atoms with Crippen LogP contribution in [0, 0.1) is 19.7 Å². The number of halogens is 2. The molecule has 0 aliphatic rings. The summed E-state index contributed by atoms with van der Waals surface area (Å²) in [5.41, 5.74) is 10.1. The van der Waals surface area contributed by atoms with E-state index in [1.54, 1.807) is 0 Å². The molecule has 0 saturated carbocycles. The number of hydrogen-bond donors (Lipinski definition) is 1. The Labute approximate surface area is 120 Å². The van der Waals surface area contributed by atoms with Crippen molar-refractivity contribution in [1.82, 2.24) is 4.98 Å². The van der Waals surface area contributed by atoms with Gasteiger partial charge in [0.05, 0.1) is 10.6 Å². The average molecular weight is 291 g/mol. The van der Waals surface area contributed by atoms with E-state index in [1.165, 1.54) is 12.1 Å². The first-order valence-electron chi connectivity index (χ1n) is 6.08. The van der Waals surface area contributed by atoms with Gasteiger partial charge >= 0.3 is 0 Å². The van der Waals surface area contributed by atoms with Gasteiger partial charge in [0, 0.05) is 11.8 Å². The molecule has 5 heteroatoms. The number of benzene rings is 2. The molecule has 0 aliphatic carbocycles. The van der Waals surface area contributed by atoms with Gasteiger partial charge in [0.2, 0.25) is 5.89 Å².